The molecule has 1 aromatic heterocycles. The lowest BCUT2D eigenvalue weighted by molar-refractivity contribution is 0.213. The van der Waals surface area contributed by atoms with Gasteiger partial charge in [0.1, 0.15) is 0 Å². The van der Waals surface area contributed by atoms with Crippen LogP contribution in [0.3, 0.4) is 0 Å². The molecule has 0 fully saturated rings. The number of rotatable bonds is 4. The fraction of sp³-hybridized carbons (Fsp3) is 0.700. The van der Waals surface area contributed by atoms with Gasteiger partial charge < -0.3 is 4.90 Å². The average Bonchev–Trinajstić information content (AvgIpc) is 2.68. The number of carbonyl (C=O) groups is 1. The van der Waals surface area contributed by atoms with Gasteiger partial charge in [-0.2, -0.15) is 4.68 Å². The van der Waals surface area contributed by atoms with Crippen molar-refractivity contribution in [2.24, 2.45) is 0 Å². The minimum Gasteiger partial charge on any atom is -0.329 e. The number of hydrogen-bond acceptors (Lipinski definition) is 4. The molecule has 0 N–H and O–H groups in total. The van der Waals surface area contributed by atoms with Crippen LogP contribution in [-0.4, -0.2) is 46.0 Å². The zero-order chi connectivity index (χ0) is 12.1. The Hall–Kier alpha value is -1.04. The van der Waals surface area contributed by atoms with Gasteiger partial charge in [-0.05, 0) is 12.7 Å². The first kappa shape index (κ1) is 13.0. The van der Waals surface area contributed by atoms with E-state index in [1.54, 1.807) is 14.1 Å². The van der Waals surface area contributed by atoms with E-state index in [1.807, 2.05) is 6.26 Å². The molecule has 1 heterocycles. The van der Waals surface area contributed by atoms with Crippen LogP contribution in [0.1, 0.15) is 25.6 Å². The summed E-state index contributed by atoms with van der Waals surface area (Å²) in [5.41, 5.74) is 0. The fourth-order valence-corrected chi connectivity index (χ4v) is 1.71. The molecule has 5 nitrogen and oxygen atoms in total. The van der Waals surface area contributed by atoms with E-state index in [9.17, 15) is 4.79 Å². The van der Waals surface area contributed by atoms with E-state index in [0.29, 0.717) is 5.16 Å². The Labute approximate surface area is 100 Å². The highest BCUT2D eigenvalue weighted by Crippen LogP contribution is 2.13. The van der Waals surface area contributed by atoms with Crippen molar-refractivity contribution < 1.29 is 4.79 Å². The maximum Gasteiger partial charge on any atom is 0.346 e. The summed E-state index contributed by atoms with van der Waals surface area (Å²) < 4.78 is 1.37. The van der Waals surface area contributed by atoms with Crippen LogP contribution in [0.5, 0.6) is 0 Å². The van der Waals surface area contributed by atoms with Gasteiger partial charge >= 0.3 is 6.03 Å². The standard InChI is InChI=1S/C10H18N4OS/c1-5-6-7-8-11-9(16-4)14(12-8)10(15)13(2)3/h5-7H2,1-4H3. The number of amides is 1. The molecule has 6 heteroatoms. The van der Waals surface area contributed by atoms with E-state index in [1.165, 1.54) is 21.3 Å². The molecule has 0 saturated carbocycles. The van der Waals surface area contributed by atoms with Crippen LogP contribution >= 0.6 is 11.8 Å². The van der Waals surface area contributed by atoms with Crippen molar-refractivity contribution in [3.8, 4) is 0 Å². The zero-order valence-electron chi connectivity index (χ0n) is 10.2. The third-order valence-electron chi connectivity index (χ3n) is 2.12. The Morgan fingerprint density at radius 1 is 1.50 bits per heavy atom. The number of hydrogen-bond donors (Lipinski definition) is 0. The lowest BCUT2D eigenvalue weighted by Gasteiger charge is -2.09. The quantitative estimate of drug-likeness (QED) is 0.756. The molecule has 0 atom stereocenters. The second-order valence-electron chi connectivity index (χ2n) is 3.71. The summed E-state index contributed by atoms with van der Waals surface area (Å²) in [7, 11) is 3.42. The van der Waals surface area contributed by atoms with Crippen molar-refractivity contribution in [3.05, 3.63) is 5.82 Å². The predicted molar refractivity (Wildman–Crippen MR) is 64.9 cm³/mol. The normalized spacial score (nSPS) is 10.5. The molecular weight excluding hydrogens is 224 g/mol. The van der Waals surface area contributed by atoms with E-state index in [2.05, 4.69) is 17.0 Å². The van der Waals surface area contributed by atoms with Crippen LogP contribution in [0.4, 0.5) is 4.79 Å². The van der Waals surface area contributed by atoms with Crippen molar-refractivity contribution in [2.75, 3.05) is 20.4 Å². The summed E-state index contributed by atoms with van der Waals surface area (Å²) in [6.45, 7) is 2.12. The zero-order valence-corrected chi connectivity index (χ0v) is 11.0. The second-order valence-corrected chi connectivity index (χ2v) is 4.48. The largest absolute Gasteiger partial charge is 0.346 e. The van der Waals surface area contributed by atoms with Gasteiger partial charge in [0.05, 0.1) is 0 Å². The molecule has 0 aromatic carbocycles. The van der Waals surface area contributed by atoms with Crippen LogP contribution in [0.15, 0.2) is 5.16 Å². The number of aryl methyl sites for hydroxylation is 1. The SMILES string of the molecule is CCCCc1nc(SC)n(C(=O)N(C)C)n1. The van der Waals surface area contributed by atoms with E-state index in [-0.39, 0.29) is 6.03 Å². The molecule has 0 spiro atoms. The van der Waals surface area contributed by atoms with Gasteiger partial charge in [0.15, 0.2) is 11.0 Å². The summed E-state index contributed by atoms with van der Waals surface area (Å²) in [6.07, 6.45) is 4.88. The van der Waals surface area contributed by atoms with Crippen molar-refractivity contribution in [1.82, 2.24) is 19.7 Å². The van der Waals surface area contributed by atoms with E-state index in [4.69, 9.17) is 0 Å². The van der Waals surface area contributed by atoms with Gasteiger partial charge in [0.2, 0.25) is 0 Å². The van der Waals surface area contributed by atoms with Crippen molar-refractivity contribution in [1.29, 1.82) is 0 Å². The first-order valence-electron chi connectivity index (χ1n) is 5.31. The Bertz CT molecular complexity index is 362. The molecule has 0 bridgehead atoms. The van der Waals surface area contributed by atoms with Gasteiger partial charge in [-0.15, -0.1) is 5.10 Å². The van der Waals surface area contributed by atoms with Crippen molar-refractivity contribution in [2.45, 2.75) is 31.3 Å². The molecule has 0 radical (unpaired) electrons. The molecule has 0 saturated heterocycles. The number of thioether (sulfide) groups is 1. The third-order valence-corrected chi connectivity index (χ3v) is 2.75. The van der Waals surface area contributed by atoms with Crippen molar-refractivity contribution >= 4 is 17.8 Å². The monoisotopic (exact) mass is 242 g/mol. The summed E-state index contributed by atoms with van der Waals surface area (Å²) in [5, 5.41) is 4.89. The summed E-state index contributed by atoms with van der Waals surface area (Å²) >= 11 is 1.44. The summed E-state index contributed by atoms with van der Waals surface area (Å²) in [6, 6.07) is -0.153. The van der Waals surface area contributed by atoms with Crippen LogP contribution < -0.4 is 0 Å². The molecular formula is C10H18N4OS. The molecule has 1 amide bonds. The van der Waals surface area contributed by atoms with Gasteiger partial charge in [0, 0.05) is 20.5 Å². The van der Waals surface area contributed by atoms with Gasteiger partial charge in [-0.25, -0.2) is 9.78 Å². The number of aromatic nitrogens is 3. The highest BCUT2D eigenvalue weighted by molar-refractivity contribution is 7.98. The van der Waals surface area contributed by atoms with Crippen LogP contribution in [-0.2, 0) is 6.42 Å². The van der Waals surface area contributed by atoms with E-state index < -0.39 is 0 Å². The summed E-state index contributed by atoms with van der Waals surface area (Å²) in [5.74, 6) is 0.751. The molecule has 16 heavy (non-hydrogen) atoms. The highest BCUT2D eigenvalue weighted by Gasteiger charge is 2.16. The summed E-state index contributed by atoms with van der Waals surface area (Å²) in [4.78, 5) is 17.6. The van der Waals surface area contributed by atoms with Crippen LogP contribution in [0, 0.1) is 0 Å². The molecule has 0 aliphatic rings. The molecule has 1 aromatic rings. The first-order valence-corrected chi connectivity index (χ1v) is 6.54. The lowest BCUT2D eigenvalue weighted by atomic mass is 10.2. The maximum atomic E-state index is 11.8. The van der Waals surface area contributed by atoms with E-state index in [0.717, 1.165) is 25.1 Å². The maximum absolute atomic E-state index is 11.8. The smallest absolute Gasteiger partial charge is 0.329 e. The molecule has 0 aliphatic carbocycles. The topological polar surface area (TPSA) is 51.0 Å². The molecule has 1 rings (SSSR count). The van der Waals surface area contributed by atoms with Crippen LogP contribution in [0.25, 0.3) is 0 Å². The van der Waals surface area contributed by atoms with E-state index >= 15 is 0 Å². The minimum atomic E-state index is -0.153. The highest BCUT2D eigenvalue weighted by atomic mass is 32.2. The van der Waals surface area contributed by atoms with Gasteiger partial charge in [-0.1, -0.05) is 25.1 Å². The number of nitrogens with zero attached hydrogens (tertiary/aromatic N) is 4. The Morgan fingerprint density at radius 2 is 2.19 bits per heavy atom. The fourth-order valence-electron chi connectivity index (χ4n) is 1.23. The Kier molecular flexibility index (Phi) is 4.79. The molecule has 90 valence electrons. The lowest BCUT2D eigenvalue weighted by Crippen LogP contribution is -2.28. The number of unbranched alkanes of at least 4 members (excludes halogenated alkanes) is 1. The first-order chi connectivity index (χ1) is 7.60. The van der Waals surface area contributed by atoms with Gasteiger partial charge in [0.25, 0.3) is 0 Å². The Morgan fingerprint density at radius 3 is 2.69 bits per heavy atom. The molecule has 0 aliphatic heterocycles. The predicted octanol–water partition coefficient (Wildman–Crippen LogP) is 1.87. The average molecular weight is 242 g/mol. The van der Waals surface area contributed by atoms with Crippen LogP contribution in [0.2, 0.25) is 0 Å². The minimum absolute atomic E-state index is 0.153. The Balaban J connectivity index is 2.90. The number of carbonyl (C=O) groups excluding carboxylic acids is 1. The van der Waals surface area contributed by atoms with Gasteiger partial charge in [-0.3, -0.25) is 0 Å². The van der Waals surface area contributed by atoms with Crippen molar-refractivity contribution in [3.63, 3.8) is 0 Å². The third kappa shape index (κ3) is 2.98. The second kappa shape index (κ2) is 5.89. The molecule has 0 unspecified atom stereocenters.